The van der Waals surface area contributed by atoms with E-state index in [1.807, 2.05) is 0 Å². The fourth-order valence-corrected chi connectivity index (χ4v) is 2.29. The highest BCUT2D eigenvalue weighted by atomic mass is 16.5. The van der Waals surface area contributed by atoms with Crippen LogP contribution in [-0.2, 0) is 9.53 Å². The summed E-state index contributed by atoms with van der Waals surface area (Å²) in [5.74, 6) is -0.858. The molecule has 0 spiro atoms. The molecule has 102 valence electrons. The maximum Gasteiger partial charge on any atom is 0.328 e. The molecule has 1 unspecified atom stereocenters. The minimum Gasteiger partial charge on any atom is -0.467 e. The van der Waals surface area contributed by atoms with Gasteiger partial charge in [0.15, 0.2) is 5.43 Å². The largest absolute Gasteiger partial charge is 0.467 e. The van der Waals surface area contributed by atoms with Gasteiger partial charge in [0.05, 0.1) is 7.11 Å². The van der Waals surface area contributed by atoms with Crippen molar-refractivity contribution in [2.24, 2.45) is 0 Å². The van der Waals surface area contributed by atoms with Gasteiger partial charge in [-0.2, -0.15) is 0 Å². The summed E-state index contributed by atoms with van der Waals surface area (Å²) < 4.78 is 4.68. The van der Waals surface area contributed by atoms with Crippen LogP contribution in [0.4, 0.5) is 0 Å². The minimum absolute atomic E-state index is 0.0569. The van der Waals surface area contributed by atoms with Crippen LogP contribution in [0.15, 0.2) is 17.1 Å². The number of likely N-dealkylation sites (tertiary alicyclic amines) is 1. The van der Waals surface area contributed by atoms with Crippen LogP contribution in [0.25, 0.3) is 0 Å². The Balaban J connectivity index is 2.28. The SMILES string of the molecule is COC(=O)C1CCCN1C(=O)c1c[nH]c(C)cc1=O. The Kier molecular flexibility index (Phi) is 3.69. The lowest BCUT2D eigenvalue weighted by atomic mass is 10.2. The van der Waals surface area contributed by atoms with E-state index in [2.05, 4.69) is 9.72 Å². The van der Waals surface area contributed by atoms with E-state index < -0.39 is 17.9 Å². The molecule has 0 radical (unpaired) electrons. The average Bonchev–Trinajstić information content (AvgIpc) is 2.86. The number of carbonyl (C=O) groups is 2. The van der Waals surface area contributed by atoms with E-state index in [9.17, 15) is 14.4 Å². The van der Waals surface area contributed by atoms with Gasteiger partial charge in [-0.1, -0.05) is 0 Å². The van der Waals surface area contributed by atoms with E-state index in [4.69, 9.17) is 0 Å². The molecular weight excluding hydrogens is 248 g/mol. The number of nitrogens with one attached hydrogen (secondary N) is 1. The van der Waals surface area contributed by atoms with Gasteiger partial charge in [0, 0.05) is 24.5 Å². The second kappa shape index (κ2) is 5.26. The minimum atomic E-state index is -0.585. The van der Waals surface area contributed by atoms with Gasteiger partial charge in [0.25, 0.3) is 5.91 Å². The van der Waals surface area contributed by atoms with E-state index in [-0.39, 0.29) is 11.0 Å². The highest BCUT2D eigenvalue weighted by Gasteiger charge is 2.35. The highest BCUT2D eigenvalue weighted by molar-refractivity contribution is 5.96. The van der Waals surface area contributed by atoms with Gasteiger partial charge < -0.3 is 14.6 Å². The summed E-state index contributed by atoms with van der Waals surface area (Å²) in [6.45, 7) is 2.20. The van der Waals surface area contributed by atoms with Crippen molar-refractivity contribution in [1.82, 2.24) is 9.88 Å². The van der Waals surface area contributed by atoms with E-state index in [1.54, 1.807) is 6.92 Å². The standard InChI is InChI=1S/C13H16N2O4/c1-8-6-11(16)9(7-14-8)12(17)15-5-3-4-10(15)13(18)19-2/h6-7,10H,3-5H2,1-2H3,(H,14,16). The van der Waals surface area contributed by atoms with Crippen molar-refractivity contribution < 1.29 is 14.3 Å². The van der Waals surface area contributed by atoms with Gasteiger partial charge in [0.1, 0.15) is 11.6 Å². The smallest absolute Gasteiger partial charge is 0.328 e. The van der Waals surface area contributed by atoms with Crippen LogP contribution >= 0.6 is 0 Å². The molecule has 6 heteroatoms. The van der Waals surface area contributed by atoms with Gasteiger partial charge in [-0.05, 0) is 19.8 Å². The van der Waals surface area contributed by atoms with E-state index in [0.717, 1.165) is 6.42 Å². The second-order valence-electron chi connectivity index (χ2n) is 4.57. The van der Waals surface area contributed by atoms with Crippen LogP contribution in [0.1, 0.15) is 28.9 Å². The summed E-state index contributed by atoms with van der Waals surface area (Å²) in [4.78, 5) is 40.0. The number of H-pyrrole nitrogens is 1. The predicted molar refractivity (Wildman–Crippen MR) is 67.9 cm³/mol. The summed E-state index contributed by atoms with van der Waals surface area (Å²) >= 11 is 0. The molecule has 2 heterocycles. The lowest BCUT2D eigenvalue weighted by molar-refractivity contribution is -0.145. The van der Waals surface area contributed by atoms with Gasteiger partial charge in [-0.15, -0.1) is 0 Å². The van der Waals surface area contributed by atoms with Crippen molar-refractivity contribution in [3.8, 4) is 0 Å². The molecule has 1 fully saturated rings. The number of amides is 1. The fraction of sp³-hybridized carbons (Fsp3) is 0.462. The van der Waals surface area contributed by atoms with Gasteiger partial charge >= 0.3 is 5.97 Å². The van der Waals surface area contributed by atoms with Gasteiger partial charge in [-0.3, -0.25) is 9.59 Å². The number of esters is 1. The molecule has 1 aromatic rings. The summed E-state index contributed by atoms with van der Waals surface area (Å²) in [7, 11) is 1.29. The topological polar surface area (TPSA) is 79.5 Å². The van der Waals surface area contributed by atoms with Crippen molar-refractivity contribution in [2.45, 2.75) is 25.8 Å². The first-order valence-corrected chi connectivity index (χ1v) is 6.12. The normalized spacial score (nSPS) is 18.4. The summed E-state index contributed by atoms with van der Waals surface area (Å²) in [6.07, 6.45) is 2.70. The monoisotopic (exact) mass is 264 g/mol. The average molecular weight is 264 g/mol. The van der Waals surface area contributed by atoms with Crippen LogP contribution in [0, 0.1) is 6.92 Å². The fourth-order valence-electron chi connectivity index (χ4n) is 2.29. The summed E-state index contributed by atoms with van der Waals surface area (Å²) in [6, 6.07) is 0.786. The van der Waals surface area contributed by atoms with Crippen molar-refractivity contribution in [3.63, 3.8) is 0 Å². The van der Waals surface area contributed by atoms with E-state index in [1.165, 1.54) is 24.3 Å². The molecule has 0 saturated carbocycles. The molecule has 1 aromatic heterocycles. The molecule has 0 aromatic carbocycles. The number of rotatable bonds is 2. The highest BCUT2D eigenvalue weighted by Crippen LogP contribution is 2.20. The maximum absolute atomic E-state index is 12.3. The van der Waals surface area contributed by atoms with Crippen molar-refractivity contribution in [1.29, 1.82) is 0 Å². The van der Waals surface area contributed by atoms with Crippen molar-refractivity contribution >= 4 is 11.9 Å². The molecule has 1 aliphatic heterocycles. The molecule has 1 N–H and O–H groups in total. The summed E-state index contributed by atoms with van der Waals surface area (Å²) in [5.41, 5.74) is 0.408. The summed E-state index contributed by atoms with van der Waals surface area (Å²) in [5, 5.41) is 0. The third kappa shape index (κ3) is 2.52. The zero-order chi connectivity index (χ0) is 14.0. The quantitative estimate of drug-likeness (QED) is 0.787. The maximum atomic E-state index is 12.3. The molecular formula is C13H16N2O4. The number of carbonyl (C=O) groups excluding carboxylic acids is 2. The number of aryl methyl sites for hydroxylation is 1. The number of aromatic nitrogens is 1. The van der Waals surface area contributed by atoms with Gasteiger partial charge in [-0.25, -0.2) is 4.79 Å². The zero-order valence-corrected chi connectivity index (χ0v) is 10.9. The van der Waals surface area contributed by atoms with Crippen LogP contribution in [0.3, 0.4) is 0 Å². The van der Waals surface area contributed by atoms with E-state index in [0.29, 0.717) is 18.7 Å². The van der Waals surface area contributed by atoms with Gasteiger partial charge in [0.2, 0.25) is 0 Å². The Bertz CT molecular complexity index is 564. The molecule has 1 aliphatic rings. The third-order valence-corrected chi connectivity index (χ3v) is 3.27. The first-order chi connectivity index (χ1) is 9.04. The number of ether oxygens (including phenoxy) is 1. The third-order valence-electron chi connectivity index (χ3n) is 3.27. The Morgan fingerprint density at radius 3 is 2.84 bits per heavy atom. The first kappa shape index (κ1) is 13.3. The molecule has 0 aliphatic carbocycles. The second-order valence-corrected chi connectivity index (χ2v) is 4.57. The Morgan fingerprint density at radius 1 is 1.47 bits per heavy atom. The number of hydrogen-bond donors (Lipinski definition) is 1. The van der Waals surface area contributed by atoms with E-state index >= 15 is 0 Å². The Hall–Kier alpha value is -2.11. The van der Waals surface area contributed by atoms with Crippen molar-refractivity contribution in [2.75, 3.05) is 13.7 Å². The van der Waals surface area contributed by atoms with Crippen LogP contribution in [0.2, 0.25) is 0 Å². The molecule has 0 bridgehead atoms. The predicted octanol–water partition coefficient (Wildman–Crippen LogP) is 0.461. The number of aromatic amines is 1. The first-order valence-electron chi connectivity index (χ1n) is 6.12. The lowest BCUT2D eigenvalue weighted by Crippen LogP contribution is -2.42. The molecule has 2 rings (SSSR count). The lowest BCUT2D eigenvalue weighted by Gasteiger charge is -2.22. The van der Waals surface area contributed by atoms with Crippen molar-refractivity contribution in [3.05, 3.63) is 33.7 Å². The molecule has 1 amide bonds. The molecule has 1 saturated heterocycles. The van der Waals surface area contributed by atoms with Crippen LogP contribution in [-0.4, -0.2) is 41.5 Å². The number of nitrogens with zero attached hydrogens (tertiary/aromatic N) is 1. The molecule has 1 atom stereocenters. The number of hydrogen-bond acceptors (Lipinski definition) is 4. The Labute approximate surface area is 110 Å². The number of methoxy groups -OCH3 is 1. The molecule has 6 nitrogen and oxygen atoms in total. The Morgan fingerprint density at radius 2 is 2.21 bits per heavy atom. The zero-order valence-electron chi connectivity index (χ0n) is 10.9. The van der Waals surface area contributed by atoms with Crippen LogP contribution in [0.5, 0.6) is 0 Å². The van der Waals surface area contributed by atoms with Crippen LogP contribution < -0.4 is 5.43 Å². The molecule has 19 heavy (non-hydrogen) atoms. The number of pyridine rings is 1.